The van der Waals surface area contributed by atoms with Crippen LogP contribution in [0.25, 0.3) is 0 Å². The molecule has 1 fully saturated rings. The van der Waals surface area contributed by atoms with Gasteiger partial charge < -0.3 is 10.1 Å². The van der Waals surface area contributed by atoms with E-state index >= 15 is 0 Å². The Labute approximate surface area is 109 Å². The van der Waals surface area contributed by atoms with Gasteiger partial charge in [0.25, 0.3) is 0 Å². The van der Waals surface area contributed by atoms with Gasteiger partial charge in [0.15, 0.2) is 0 Å². The first-order chi connectivity index (χ1) is 8.29. The van der Waals surface area contributed by atoms with E-state index in [1.807, 2.05) is 5.38 Å². The van der Waals surface area contributed by atoms with E-state index in [-0.39, 0.29) is 11.8 Å². The number of hydrogen-bond acceptors (Lipinski definition) is 5. The number of nitrogens with zero attached hydrogens (tertiary/aromatic N) is 1. The minimum atomic E-state index is 0.0271. The van der Waals surface area contributed by atoms with E-state index in [1.54, 1.807) is 23.1 Å². The number of carbonyl (C=O) groups excluding carboxylic acids is 1. The smallest absolute Gasteiger partial charge is 0.225 e. The number of amides is 1. The lowest BCUT2D eigenvalue weighted by molar-refractivity contribution is -0.125. The van der Waals surface area contributed by atoms with Gasteiger partial charge in [-0.1, -0.05) is 0 Å². The summed E-state index contributed by atoms with van der Waals surface area (Å²) in [5, 5.41) is 6.04. The van der Waals surface area contributed by atoms with E-state index in [1.165, 1.54) is 0 Å². The van der Waals surface area contributed by atoms with Crippen LogP contribution < -0.4 is 5.32 Å². The zero-order chi connectivity index (χ0) is 12.1. The Balaban J connectivity index is 1.78. The van der Waals surface area contributed by atoms with E-state index in [0.29, 0.717) is 19.8 Å². The zero-order valence-electron chi connectivity index (χ0n) is 9.77. The van der Waals surface area contributed by atoms with Crippen LogP contribution in [0.5, 0.6) is 0 Å². The molecule has 6 heteroatoms. The van der Waals surface area contributed by atoms with Gasteiger partial charge in [-0.25, -0.2) is 4.98 Å². The molecule has 1 aromatic rings. The van der Waals surface area contributed by atoms with Crippen LogP contribution in [0.1, 0.15) is 17.1 Å². The number of thiazole rings is 1. The fourth-order valence-electron chi connectivity index (χ4n) is 1.68. The van der Waals surface area contributed by atoms with Crippen molar-refractivity contribution in [3.05, 3.63) is 16.1 Å². The molecule has 0 radical (unpaired) electrons. The number of ether oxygens (including phenoxy) is 1. The Morgan fingerprint density at radius 2 is 2.65 bits per heavy atom. The molecule has 2 heterocycles. The van der Waals surface area contributed by atoms with E-state index < -0.39 is 0 Å². The molecule has 0 spiro atoms. The summed E-state index contributed by atoms with van der Waals surface area (Å²) >= 11 is 3.41. The molecule has 1 saturated heterocycles. The van der Waals surface area contributed by atoms with Crippen molar-refractivity contribution in [2.45, 2.75) is 18.7 Å². The lowest BCUT2D eigenvalue weighted by atomic mass is 10.1. The number of carbonyl (C=O) groups is 1. The number of nitrogens with one attached hydrogen (secondary N) is 1. The molecular weight excluding hydrogens is 256 g/mol. The molecule has 0 unspecified atom stereocenters. The average molecular weight is 272 g/mol. The van der Waals surface area contributed by atoms with Crippen molar-refractivity contribution in [3.63, 3.8) is 0 Å². The summed E-state index contributed by atoms with van der Waals surface area (Å²) in [7, 11) is 0. The largest absolute Gasteiger partial charge is 0.381 e. The number of rotatable bonds is 5. The Hall–Kier alpha value is -0.590. The Morgan fingerprint density at radius 3 is 3.35 bits per heavy atom. The molecule has 0 aromatic carbocycles. The van der Waals surface area contributed by atoms with Gasteiger partial charge in [-0.2, -0.15) is 11.8 Å². The highest BCUT2D eigenvalue weighted by molar-refractivity contribution is 7.97. The third-order valence-electron chi connectivity index (χ3n) is 2.61. The Bertz CT molecular complexity index is 375. The third kappa shape index (κ3) is 3.69. The molecule has 0 saturated carbocycles. The molecule has 1 aromatic heterocycles. The van der Waals surface area contributed by atoms with Gasteiger partial charge >= 0.3 is 0 Å². The summed E-state index contributed by atoms with van der Waals surface area (Å²) in [6.45, 7) is 1.79. The number of hydrogen-bond donors (Lipinski definition) is 1. The molecule has 4 nitrogen and oxygen atoms in total. The molecule has 1 atom stereocenters. The molecule has 17 heavy (non-hydrogen) atoms. The van der Waals surface area contributed by atoms with Gasteiger partial charge in [0.2, 0.25) is 5.91 Å². The summed E-state index contributed by atoms with van der Waals surface area (Å²) < 4.78 is 5.19. The predicted molar refractivity (Wildman–Crippen MR) is 70.1 cm³/mol. The van der Waals surface area contributed by atoms with E-state index in [9.17, 15) is 4.79 Å². The predicted octanol–water partition coefficient (Wildman–Crippen LogP) is 1.66. The maximum Gasteiger partial charge on any atom is 0.225 e. The van der Waals surface area contributed by atoms with Gasteiger partial charge in [-0.3, -0.25) is 4.79 Å². The highest BCUT2D eigenvalue weighted by Crippen LogP contribution is 2.16. The average Bonchev–Trinajstić information content (AvgIpc) is 2.97. The first-order valence-corrected chi connectivity index (χ1v) is 7.84. The highest BCUT2D eigenvalue weighted by atomic mass is 32.2. The van der Waals surface area contributed by atoms with Gasteiger partial charge in [0, 0.05) is 17.7 Å². The second kappa shape index (κ2) is 6.37. The maximum absolute atomic E-state index is 11.7. The topological polar surface area (TPSA) is 51.2 Å². The van der Waals surface area contributed by atoms with Crippen molar-refractivity contribution >= 4 is 29.0 Å². The second-order valence-corrected chi connectivity index (χ2v) is 5.75. The van der Waals surface area contributed by atoms with Crippen LogP contribution >= 0.6 is 23.1 Å². The summed E-state index contributed by atoms with van der Waals surface area (Å²) in [5.74, 6) is 1.05. The standard InChI is InChI=1S/C11H16N2O2S2/c1-16-7-10-13-9(6-17-10)4-12-11(14)8-2-3-15-5-8/h6,8H,2-5,7H2,1H3,(H,12,14)/t8-/m1/s1. The van der Waals surface area contributed by atoms with Gasteiger partial charge in [0.1, 0.15) is 5.01 Å². The monoisotopic (exact) mass is 272 g/mol. The Morgan fingerprint density at radius 1 is 1.76 bits per heavy atom. The first-order valence-electron chi connectivity index (χ1n) is 5.57. The summed E-state index contributed by atoms with van der Waals surface area (Å²) in [4.78, 5) is 16.2. The number of thioether (sulfide) groups is 1. The van der Waals surface area contributed by atoms with Crippen molar-refractivity contribution < 1.29 is 9.53 Å². The fourth-order valence-corrected chi connectivity index (χ4v) is 3.20. The van der Waals surface area contributed by atoms with Crippen LogP contribution in [0.15, 0.2) is 5.38 Å². The minimum Gasteiger partial charge on any atom is -0.381 e. The Kier molecular flexibility index (Phi) is 4.82. The molecule has 1 N–H and O–H groups in total. The van der Waals surface area contributed by atoms with E-state index in [4.69, 9.17) is 4.74 Å². The molecule has 1 amide bonds. The van der Waals surface area contributed by atoms with Crippen LogP contribution in [-0.2, 0) is 21.8 Å². The van der Waals surface area contributed by atoms with Gasteiger partial charge in [-0.15, -0.1) is 11.3 Å². The summed E-state index contributed by atoms with van der Waals surface area (Å²) in [5.41, 5.74) is 0.950. The van der Waals surface area contributed by atoms with Crippen molar-refractivity contribution in [2.24, 2.45) is 5.92 Å². The van der Waals surface area contributed by atoms with Crippen molar-refractivity contribution in [1.82, 2.24) is 10.3 Å². The van der Waals surface area contributed by atoms with Crippen LogP contribution in [0.3, 0.4) is 0 Å². The molecule has 94 valence electrons. The zero-order valence-corrected chi connectivity index (χ0v) is 11.4. The van der Waals surface area contributed by atoms with Gasteiger partial charge in [0.05, 0.1) is 24.8 Å². The minimum absolute atomic E-state index is 0.0271. The number of aromatic nitrogens is 1. The quantitative estimate of drug-likeness (QED) is 0.885. The second-order valence-electron chi connectivity index (χ2n) is 3.94. The van der Waals surface area contributed by atoms with Crippen molar-refractivity contribution in [2.75, 3.05) is 19.5 Å². The summed E-state index contributed by atoms with van der Waals surface area (Å²) in [6, 6.07) is 0. The van der Waals surface area contributed by atoms with Crippen molar-refractivity contribution in [3.8, 4) is 0 Å². The molecular formula is C11H16N2O2S2. The van der Waals surface area contributed by atoms with E-state index in [0.717, 1.165) is 22.9 Å². The lowest BCUT2D eigenvalue weighted by Crippen LogP contribution is -2.30. The SMILES string of the molecule is CSCc1nc(CNC(=O)[C@@H]2CCOC2)cs1. The third-order valence-corrected chi connectivity index (χ3v) is 4.25. The summed E-state index contributed by atoms with van der Waals surface area (Å²) in [6.07, 6.45) is 2.89. The van der Waals surface area contributed by atoms with Crippen LogP contribution in [-0.4, -0.2) is 30.4 Å². The lowest BCUT2D eigenvalue weighted by Gasteiger charge is -2.07. The highest BCUT2D eigenvalue weighted by Gasteiger charge is 2.23. The molecule has 0 bridgehead atoms. The maximum atomic E-state index is 11.7. The van der Waals surface area contributed by atoms with Gasteiger partial charge in [-0.05, 0) is 12.7 Å². The first kappa shape index (κ1) is 12.9. The normalized spacial score (nSPS) is 19.5. The molecule has 1 aliphatic rings. The van der Waals surface area contributed by atoms with E-state index in [2.05, 4.69) is 16.6 Å². The fraction of sp³-hybridized carbons (Fsp3) is 0.636. The molecule has 2 rings (SSSR count). The van der Waals surface area contributed by atoms with Crippen molar-refractivity contribution in [1.29, 1.82) is 0 Å². The van der Waals surface area contributed by atoms with Crippen LogP contribution in [0, 0.1) is 5.92 Å². The van der Waals surface area contributed by atoms with Crippen LogP contribution in [0.4, 0.5) is 0 Å². The molecule has 1 aliphatic heterocycles. The van der Waals surface area contributed by atoms with Crippen LogP contribution in [0.2, 0.25) is 0 Å². The molecule has 0 aliphatic carbocycles.